The van der Waals surface area contributed by atoms with Crippen LogP contribution >= 0.6 is 15.9 Å². The van der Waals surface area contributed by atoms with E-state index in [9.17, 15) is 23.2 Å². The third-order valence-corrected chi connectivity index (χ3v) is 4.28. The van der Waals surface area contributed by atoms with Gasteiger partial charge in [0.2, 0.25) is 0 Å². The van der Waals surface area contributed by atoms with Crippen LogP contribution in [0.5, 0.6) is 0 Å². The molecule has 2 aromatic heterocycles. The van der Waals surface area contributed by atoms with Gasteiger partial charge in [-0.05, 0) is 22.0 Å². The van der Waals surface area contributed by atoms with Gasteiger partial charge in [-0.2, -0.15) is 5.10 Å². The molecule has 0 spiro atoms. The number of nitrogens with zero attached hydrogens (tertiary/aromatic N) is 4. The van der Waals surface area contributed by atoms with E-state index in [-0.39, 0.29) is 15.5 Å². The van der Waals surface area contributed by atoms with Gasteiger partial charge in [-0.1, -0.05) is 0 Å². The highest BCUT2D eigenvalue weighted by Crippen LogP contribution is 2.26. The maximum absolute atomic E-state index is 13.7. The summed E-state index contributed by atoms with van der Waals surface area (Å²) in [7, 11) is 1.62. The van der Waals surface area contributed by atoms with E-state index in [0.29, 0.717) is 11.7 Å². The van der Waals surface area contributed by atoms with Crippen molar-refractivity contribution >= 4 is 44.5 Å². The number of esters is 1. The molecule has 2 heterocycles. The summed E-state index contributed by atoms with van der Waals surface area (Å²) in [5.41, 5.74) is -0.414. The lowest BCUT2D eigenvalue weighted by Gasteiger charge is -2.10. The molecule has 0 radical (unpaired) electrons. The molecule has 0 atom stereocenters. The van der Waals surface area contributed by atoms with Crippen LogP contribution in [0.2, 0.25) is 0 Å². The average molecular weight is 456 g/mol. The van der Waals surface area contributed by atoms with Crippen LogP contribution in [0, 0.1) is 11.6 Å². The van der Waals surface area contributed by atoms with E-state index in [4.69, 9.17) is 4.74 Å². The zero-order valence-electron chi connectivity index (χ0n) is 14.3. The number of aryl methyl sites for hydroxylation is 1. The van der Waals surface area contributed by atoms with Crippen molar-refractivity contribution in [2.24, 2.45) is 7.05 Å². The highest BCUT2D eigenvalue weighted by molar-refractivity contribution is 9.10. The number of hydrogen-bond acceptors (Lipinski definition) is 6. The minimum absolute atomic E-state index is 0.00734. The second-order valence-electron chi connectivity index (χ2n) is 5.64. The van der Waals surface area contributed by atoms with E-state index in [1.54, 1.807) is 7.05 Å². The zero-order valence-corrected chi connectivity index (χ0v) is 15.9. The highest BCUT2D eigenvalue weighted by atomic mass is 79.9. The van der Waals surface area contributed by atoms with Crippen LogP contribution < -0.4 is 10.9 Å². The number of halogens is 3. The van der Waals surface area contributed by atoms with E-state index in [0.717, 1.165) is 10.6 Å². The van der Waals surface area contributed by atoms with Crippen molar-refractivity contribution in [3.05, 3.63) is 51.1 Å². The lowest BCUT2D eigenvalue weighted by atomic mass is 10.3. The second-order valence-corrected chi connectivity index (χ2v) is 6.49. The smallest absolute Gasteiger partial charge is 0.326 e. The van der Waals surface area contributed by atoms with Crippen LogP contribution in [0.3, 0.4) is 0 Å². The molecule has 1 amide bonds. The van der Waals surface area contributed by atoms with E-state index < -0.39 is 42.2 Å². The number of benzene rings is 1. The minimum atomic E-state index is -0.992. The predicted molar refractivity (Wildman–Crippen MR) is 96.4 cm³/mol. The first-order chi connectivity index (χ1) is 13.3. The number of carbonyl (C=O) groups is 2. The monoisotopic (exact) mass is 455 g/mol. The van der Waals surface area contributed by atoms with Gasteiger partial charge in [-0.25, -0.2) is 13.8 Å². The summed E-state index contributed by atoms with van der Waals surface area (Å²) < 4.78 is 33.9. The molecule has 9 nitrogen and oxygen atoms in total. The van der Waals surface area contributed by atoms with E-state index in [1.165, 1.54) is 17.2 Å². The number of nitrogens with one attached hydrogen (secondary N) is 1. The lowest BCUT2D eigenvalue weighted by molar-refractivity contribution is -0.147. The molecule has 1 aromatic carbocycles. The molecule has 146 valence electrons. The van der Waals surface area contributed by atoms with Gasteiger partial charge in [0.15, 0.2) is 18.1 Å². The fraction of sp³-hybridized carbons (Fsp3) is 0.188. The fourth-order valence-corrected chi connectivity index (χ4v) is 2.85. The molecule has 0 unspecified atom stereocenters. The Kier molecular flexibility index (Phi) is 5.49. The first-order valence-corrected chi connectivity index (χ1v) is 8.52. The number of carbonyl (C=O) groups excluding carboxylic acids is 2. The molecule has 0 saturated heterocycles. The van der Waals surface area contributed by atoms with Crippen LogP contribution in [0.25, 0.3) is 11.0 Å². The van der Waals surface area contributed by atoms with Crippen molar-refractivity contribution < 1.29 is 23.1 Å². The van der Waals surface area contributed by atoms with Crippen LogP contribution in [-0.2, 0) is 27.9 Å². The van der Waals surface area contributed by atoms with Gasteiger partial charge in [-0.3, -0.25) is 23.6 Å². The number of anilines is 1. The molecular weight excluding hydrogens is 444 g/mol. The van der Waals surface area contributed by atoms with Gasteiger partial charge in [0, 0.05) is 17.6 Å². The first kappa shape index (κ1) is 19.6. The Morgan fingerprint density at radius 2 is 2.07 bits per heavy atom. The molecule has 0 aliphatic carbocycles. The largest absolute Gasteiger partial charge is 0.454 e. The number of amides is 1. The van der Waals surface area contributed by atoms with Gasteiger partial charge in [0.25, 0.3) is 11.5 Å². The van der Waals surface area contributed by atoms with Crippen LogP contribution in [0.4, 0.5) is 14.5 Å². The summed E-state index contributed by atoms with van der Waals surface area (Å²) in [4.78, 5) is 40.0. The maximum atomic E-state index is 13.7. The van der Waals surface area contributed by atoms with Crippen LogP contribution in [-0.4, -0.2) is 37.8 Å². The number of ether oxygens (including phenoxy) is 1. The van der Waals surface area contributed by atoms with Gasteiger partial charge < -0.3 is 10.1 Å². The van der Waals surface area contributed by atoms with Gasteiger partial charge in [-0.15, -0.1) is 0 Å². The summed E-state index contributed by atoms with van der Waals surface area (Å²) in [6.45, 7) is -1.20. The Labute approximate surface area is 164 Å². The van der Waals surface area contributed by atoms with Crippen molar-refractivity contribution in [2.75, 3.05) is 11.9 Å². The van der Waals surface area contributed by atoms with Gasteiger partial charge in [0.05, 0.1) is 11.9 Å². The second kappa shape index (κ2) is 7.84. The Morgan fingerprint density at radius 3 is 2.79 bits per heavy atom. The number of aromatic nitrogens is 4. The van der Waals surface area contributed by atoms with Gasteiger partial charge in [0.1, 0.15) is 24.1 Å². The Bertz CT molecular complexity index is 1120. The van der Waals surface area contributed by atoms with E-state index >= 15 is 0 Å². The molecular formula is C16H12BrF2N5O4. The highest BCUT2D eigenvalue weighted by Gasteiger charge is 2.16. The molecule has 0 aliphatic heterocycles. The van der Waals surface area contributed by atoms with Crippen molar-refractivity contribution in [1.82, 2.24) is 19.3 Å². The summed E-state index contributed by atoms with van der Waals surface area (Å²) >= 11 is 2.93. The third kappa shape index (κ3) is 4.06. The normalized spacial score (nSPS) is 10.9. The molecule has 3 rings (SSSR count). The SMILES string of the molecule is Cn1ncc2c(=O)n(CC(=O)OCC(=O)Nc3c(F)cc(F)cc3Br)cnc21. The average Bonchev–Trinajstić information content (AvgIpc) is 3.00. The summed E-state index contributed by atoms with van der Waals surface area (Å²) in [5, 5.41) is 6.31. The number of fused-ring (bicyclic) bond motifs is 1. The molecule has 3 aromatic rings. The molecule has 0 aliphatic rings. The standard InChI is InChI=1S/C16H12BrF2N5O4/c1-23-15-9(4-21-23)16(27)24(7-20-15)5-13(26)28-6-12(25)22-14-10(17)2-8(18)3-11(14)19/h2-4,7H,5-6H2,1H3,(H,22,25). The maximum Gasteiger partial charge on any atom is 0.326 e. The van der Waals surface area contributed by atoms with E-state index in [1.807, 2.05) is 0 Å². The van der Waals surface area contributed by atoms with Gasteiger partial charge >= 0.3 is 5.97 Å². The van der Waals surface area contributed by atoms with Crippen LogP contribution in [0.1, 0.15) is 0 Å². The Morgan fingerprint density at radius 1 is 1.32 bits per heavy atom. The molecule has 28 heavy (non-hydrogen) atoms. The molecule has 12 heteroatoms. The van der Waals surface area contributed by atoms with Crippen molar-refractivity contribution in [3.8, 4) is 0 Å². The predicted octanol–water partition coefficient (Wildman–Crippen LogP) is 1.35. The topological polar surface area (TPSA) is 108 Å². The number of hydrogen-bond donors (Lipinski definition) is 1. The lowest BCUT2D eigenvalue weighted by Crippen LogP contribution is -2.28. The van der Waals surface area contributed by atoms with Crippen molar-refractivity contribution in [2.45, 2.75) is 6.54 Å². The molecule has 1 N–H and O–H groups in total. The zero-order chi connectivity index (χ0) is 20.4. The first-order valence-electron chi connectivity index (χ1n) is 7.73. The molecule has 0 bridgehead atoms. The van der Waals surface area contributed by atoms with E-state index in [2.05, 4.69) is 31.3 Å². The summed E-state index contributed by atoms with van der Waals surface area (Å²) in [6, 6.07) is 1.57. The fourth-order valence-electron chi connectivity index (χ4n) is 2.35. The van der Waals surface area contributed by atoms with Crippen molar-refractivity contribution in [3.63, 3.8) is 0 Å². The number of rotatable bonds is 5. The Hall–Kier alpha value is -3.15. The van der Waals surface area contributed by atoms with Crippen LogP contribution in [0.15, 0.2) is 33.9 Å². The quantitative estimate of drug-likeness (QED) is 0.581. The summed E-state index contributed by atoms with van der Waals surface area (Å²) in [6.07, 6.45) is 2.49. The minimum Gasteiger partial charge on any atom is -0.454 e. The Balaban J connectivity index is 1.61. The third-order valence-electron chi connectivity index (χ3n) is 3.65. The molecule has 0 saturated carbocycles. The summed E-state index contributed by atoms with van der Waals surface area (Å²) in [5.74, 6) is -3.53. The molecule has 0 fully saturated rings. The van der Waals surface area contributed by atoms with Crippen molar-refractivity contribution in [1.29, 1.82) is 0 Å².